The lowest BCUT2D eigenvalue weighted by Gasteiger charge is -2.31. The van der Waals surface area contributed by atoms with Crippen LogP contribution >= 0.6 is 11.6 Å². The summed E-state index contributed by atoms with van der Waals surface area (Å²) in [5, 5.41) is 4.33. The molecule has 0 aliphatic carbocycles. The van der Waals surface area contributed by atoms with Crippen LogP contribution in [0.5, 0.6) is 0 Å². The highest BCUT2D eigenvalue weighted by molar-refractivity contribution is 6.28. The van der Waals surface area contributed by atoms with Gasteiger partial charge in [0.25, 0.3) is 0 Å². The van der Waals surface area contributed by atoms with Gasteiger partial charge in [-0.15, -0.1) is 0 Å². The molecule has 1 amide bonds. The summed E-state index contributed by atoms with van der Waals surface area (Å²) >= 11 is 6.15. The Kier molecular flexibility index (Phi) is 5.75. The fourth-order valence-electron chi connectivity index (χ4n) is 3.70. The maximum atomic E-state index is 13.6. The van der Waals surface area contributed by atoms with Gasteiger partial charge in [0.1, 0.15) is 17.2 Å². The highest BCUT2D eigenvalue weighted by atomic mass is 35.5. The summed E-state index contributed by atoms with van der Waals surface area (Å²) in [4.78, 5) is 25.9. The molecule has 0 fully saturated rings. The number of amides is 1. The Morgan fingerprint density at radius 3 is 2.94 bits per heavy atom. The van der Waals surface area contributed by atoms with Crippen molar-refractivity contribution < 1.29 is 13.9 Å². The molecule has 2 N–H and O–H groups in total. The fraction of sp³-hybridized carbons (Fsp3) is 0.409. The average molecular weight is 446 g/mol. The van der Waals surface area contributed by atoms with Crippen molar-refractivity contribution in [3.05, 3.63) is 52.3 Å². The van der Waals surface area contributed by atoms with Crippen LogP contribution in [0.25, 0.3) is 10.9 Å². The molecule has 1 aromatic carbocycles. The molecule has 0 spiro atoms. The minimum absolute atomic E-state index is 0.126. The molecule has 1 aliphatic rings. The molecule has 2 aromatic heterocycles. The third kappa shape index (κ3) is 4.90. The Morgan fingerprint density at radius 2 is 2.16 bits per heavy atom. The average Bonchev–Trinajstić information content (AvgIpc) is 3.08. The second-order valence-electron chi connectivity index (χ2n) is 8.60. The highest BCUT2D eigenvalue weighted by Gasteiger charge is 2.28. The van der Waals surface area contributed by atoms with Gasteiger partial charge < -0.3 is 19.9 Å². The van der Waals surface area contributed by atoms with E-state index in [2.05, 4.69) is 20.3 Å². The van der Waals surface area contributed by atoms with Crippen molar-refractivity contribution in [2.75, 3.05) is 18.4 Å². The SMILES string of the molecule is CC(C)(C)OC(=O)N1CCc2c(nc(Cl)nc2NCCc2c[nH]c3ccc(F)cc23)C1. The zero-order valence-electron chi connectivity index (χ0n) is 17.8. The van der Waals surface area contributed by atoms with E-state index in [1.807, 2.05) is 27.0 Å². The Hall–Kier alpha value is -2.87. The van der Waals surface area contributed by atoms with Crippen LogP contribution in [0.2, 0.25) is 5.28 Å². The third-order valence-corrected chi connectivity index (χ3v) is 5.27. The van der Waals surface area contributed by atoms with E-state index in [0.717, 1.165) is 22.0 Å². The number of hydrogen-bond donors (Lipinski definition) is 2. The molecule has 0 radical (unpaired) electrons. The van der Waals surface area contributed by atoms with Crippen LogP contribution < -0.4 is 5.32 Å². The first kappa shape index (κ1) is 21.4. The number of aromatic amines is 1. The van der Waals surface area contributed by atoms with Crippen molar-refractivity contribution >= 4 is 34.4 Å². The number of H-pyrrole nitrogens is 1. The zero-order valence-corrected chi connectivity index (χ0v) is 18.5. The number of carbonyl (C=O) groups excluding carboxylic acids is 1. The predicted molar refractivity (Wildman–Crippen MR) is 118 cm³/mol. The summed E-state index contributed by atoms with van der Waals surface area (Å²) in [6, 6.07) is 4.71. The number of halogens is 2. The molecule has 0 saturated heterocycles. The van der Waals surface area contributed by atoms with Gasteiger partial charge in [-0.2, -0.15) is 0 Å². The van der Waals surface area contributed by atoms with Gasteiger partial charge in [-0.1, -0.05) is 0 Å². The summed E-state index contributed by atoms with van der Waals surface area (Å²) in [5.74, 6) is 0.414. The van der Waals surface area contributed by atoms with Crippen molar-refractivity contribution in [1.29, 1.82) is 0 Å². The molecule has 31 heavy (non-hydrogen) atoms. The van der Waals surface area contributed by atoms with Gasteiger partial charge in [-0.25, -0.2) is 19.2 Å². The van der Waals surface area contributed by atoms with Gasteiger partial charge in [0, 0.05) is 35.8 Å². The number of aromatic nitrogens is 3. The third-order valence-electron chi connectivity index (χ3n) is 5.11. The van der Waals surface area contributed by atoms with Gasteiger partial charge in [-0.3, -0.25) is 0 Å². The number of nitrogens with zero attached hydrogens (tertiary/aromatic N) is 3. The first-order valence-electron chi connectivity index (χ1n) is 10.2. The van der Waals surface area contributed by atoms with Gasteiger partial charge in [0.2, 0.25) is 5.28 Å². The van der Waals surface area contributed by atoms with Crippen molar-refractivity contribution in [3.8, 4) is 0 Å². The smallest absolute Gasteiger partial charge is 0.410 e. The molecule has 1 aliphatic heterocycles. The van der Waals surface area contributed by atoms with E-state index in [1.54, 1.807) is 11.0 Å². The van der Waals surface area contributed by atoms with E-state index >= 15 is 0 Å². The molecule has 7 nitrogen and oxygen atoms in total. The first-order valence-corrected chi connectivity index (χ1v) is 10.6. The molecule has 9 heteroatoms. The van der Waals surface area contributed by atoms with Crippen LogP contribution in [0, 0.1) is 5.82 Å². The van der Waals surface area contributed by atoms with E-state index in [1.165, 1.54) is 12.1 Å². The summed E-state index contributed by atoms with van der Waals surface area (Å²) in [7, 11) is 0. The van der Waals surface area contributed by atoms with Crippen LogP contribution in [-0.2, 0) is 24.1 Å². The number of ether oxygens (including phenoxy) is 1. The minimum atomic E-state index is -0.557. The number of fused-ring (bicyclic) bond motifs is 2. The first-order chi connectivity index (χ1) is 14.7. The lowest BCUT2D eigenvalue weighted by molar-refractivity contribution is 0.0221. The van der Waals surface area contributed by atoms with Crippen molar-refractivity contribution in [2.45, 2.75) is 45.8 Å². The largest absolute Gasteiger partial charge is 0.444 e. The molecule has 164 valence electrons. The number of nitrogens with one attached hydrogen (secondary N) is 2. The number of hydrogen-bond acceptors (Lipinski definition) is 5. The van der Waals surface area contributed by atoms with E-state index < -0.39 is 5.60 Å². The van der Waals surface area contributed by atoms with Crippen molar-refractivity contribution in [1.82, 2.24) is 19.9 Å². The molecule has 4 rings (SSSR count). The summed E-state index contributed by atoms with van der Waals surface area (Å²) < 4.78 is 19.1. The second kappa shape index (κ2) is 8.34. The number of carbonyl (C=O) groups is 1. The van der Waals surface area contributed by atoms with Crippen molar-refractivity contribution in [3.63, 3.8) is 0 Å². The topological polar surface area (TPSA) is 83.1 Å². The summed E-state index contributed by atoms with van der Waals surface area (Å²) in [6.45, 7) is 6.95. The summed E-state index contributed by atoms with van der Waals surface area (Å²) in [5.41, 5.74) is 3.04. The molecule has 0 bridgehead atoms. The maximum Gasteiger partial charge on any atom is 0.410 e. The van der Waals surface area contributed by atoms with Gasteiger partial charge in [0.15, 0.2) is 0 Å². The minimum Gasteiger partial charge on any atom is -0.444 e. The zero-order chi connectivity index (χ0) is 22.2. The highest BCUT2D eigenvalue weighted by Crippen LogP contribution is 2.26. The maximum absolute atomic E-state index is 13.6. The molecule has 3 aromatic rings. The monoisotopic (exact) mass is 445 g/mol. The normalized spacial score (nSPS) is 13.9. The number of anilines is 1. The molecule has 3 heterocycles. The van der Waals surface area contributed by atoms with E-state index in [-0.39, 0.29) is 17.2 Å². The van der Waals surface area contributed by atoms with Gasteiger partial charge in [-0.05, 0) is 69.0 Å². The second-order valence-corrected chi connectivity index (χ2v) is 8.94. The van der Waals surface area contributed by atoms with E-state index in [9.17, 15) is 9.18 Å². The lowest BCUT2D eigenvalue weighted by Crippen LogP contribution is -2.40. The standard InChI is InChI=1S/C22H25ClFN5O2/c1-22(2,3)31-21(30)29-9-7-15-18(12-29)27-20(23)28-19(15)25-8-6-13-11-26-17-5-4-14(24)10-16(13)17/h4-5,10-11,26H,6-9,12H2,1-3H3,(H,25,27,28). The molecule has 0 unspecified atom stereocenters. The van der Waals surface area contributed by atoms with E-state index in [4.69, 9.17) is 16.3 Å². The predicted octanol–water partition coefficient (Wildman–Crippen LogP) is 4.70. The quantitative estimate of drug-likeness (QED) is 0.569. The van der Waals surface area contributed by atoms with Crippen LogP contribution in [0.15, 0.2) is 24.4 Å². The Balaban J connectivity index is 1.45. The molecular formula is C22H25ClFN5O2. The lowest BCUT2D eigenvalue weighted by atomic mass is 10.1. The van der Waals surface area contributed by atoms with Gasteiger partial charge in [0.05, 0.1) is 12.2 Å². The van der Waals surface area contributed by atoms with Gasteiger partial charge >= 0.3 is 6.09 Å². The molecule has 0 saturated carbocycles. The molecule has 0 atom stereocenters. The van der Waals surface area contributed by atoms with E-state index in [0.29, 0.717) is 44.0 Å². The van der Waals surface area contributed by atoms with Crippen molar-refractivity contribution in [2.24, 2.45) is 0 Å². The Morgan fingerprint density at radius 1 is 1.35 bits per heavy atom. The summed E-state index contributed by atoms with van der Waals surface area (Å²) in [6.07, 6.45) is 2.82. The number of benzene rings is 1. The number of rotatable bonds is 4. The van der Waals surface area contributed by atoms with Crippen LogP contribution in [0.1, 0.15) is 37.6 Å². The fourth-order valence-corrected chi connectivity index (χ4v) is 3.89. The Labute approximate surface area is 185 Å². The Bertz CT molecular complexity index is 1130. The van der Waals surface area contributed by atoms with Crippen LogP contribution in [0.3, 0.4) is 0 Å². The molecular weight excluding hydrogens is 421 g/mol. The van der Waals surface area contributed by atoms with Crippen LogP contribution in [-0.4, -0.2) is 44.6 Å². The van der Waals surface area contributed by atoms with Crippen LogP contribution in [0.4, 0.5) is 15.0 Å².